The molecule has 0 saturated heterocycles. The van der Waals surface area contributed by atoms with Gasteiger partial charge < -0.3 is 16.4 Å². The number of hydrogen-bond acceptors (Lipinski definition) is 4. The topological polar surface area (TPSA) is 90.9 Å². The number of nitrogen functional groups attached to an aromatic ring is 1. The van der Waals surface area contributed by atoms with E-state index in [4.69, 9.17) is 11.0 Å². The lowest BCUT2D eigenvalue weighted by Gasteiger charge is -2.08. The number of hydrogen-bond donors (Lipinski definition) is 3. The average molecular weight is 218 g/mol. The number of nitrogens with zero attached hydrogens (tertiary/aromatic N) is 1. The number of nitrogens with two attached hydrogens (primary N) is 1. The van der Waals surface area contributed by atoms with Crippen LogP contribution in [0.4, 0.5) is 11.4 Å². The summed E-state index contributed by atoms with van der Waals surface area (Å²) in [6, 6.07) is 7.02. The van der Waals surface area contributed by atoms with Crippen LogP contribution in [0, 0.1) is 11.3 Å². The van der Waals surface area contributed by atoms with Gasteiger partial charge in [0.05, 0.1) is 23.0 Å². The molecular weight excluding hydrogens is 204 g/mol. The first-order valence-electron chi connectivity index (χ1n) is 4.91. The molecule has 0 radical (unpaired) electrons. The number of benzene rings is 1. The van der Waals surface area contributed by atoms with E-state index < -0.39 is 0 Å². The van der Waals surface area contributed by atoms with Crippen molar-refractivity contribution in [3.63, 3.8) is 0 Å². The number of anilines is 2. The minimum atomic E-state index is -0.0280. The highest BCUT2D eigenvalue weighted by molar-refractivity contribution is 5.76. The maximum Gasteiger partial charge on any atom is 0.221 e. The van der Waals surface area contributed by atoms with E-state index in [1.54, 1.807) is 25.2 Å². The lowest BCUT2D eigenvalue weighted by Crippen LogP contribution is -2.21. The lowest BCUT2D eigenvalue weighted by molar-refractivity contribution is -0.120. The van der Waals surface area contributed by atoms with Crippen LogP contribution in [0.3, 0.4) is 0 Å². The average Bonchev–Trinajstić information content (AvgIpc) is 2.30. The van der Waals surface area contributed by atoms with Gasteiger partial charge in [-0.25, -0.2) is 0 Å². The van der Waals surface area contributed by atoms with Crippen molar-refractivity contribution in [1.82, 2.24) is 5.32 Å². The fourth-order valence-corrected chi connectivity index (χ4v) is 1.23. The summed E-state index contributed by atoms with van der Waals surface area (Å²) >= 11 is 0. The van der Waals surface area contributed by atoms with E-state index in [0.717, 1.165) is 5.69 Å². The Morgan fingerprint density at radius 3 is 2.88 bits per heavy atom. The Kier molecular flexibility index (Phi) is 4.16. The summed E-state index contributed by atoms with van der Waals surface area (Å²) < 4.78 is 0. The van der Waals surface area contributed by atoms with Crippen LogP contribution in [0.5, 0.6) is 0 Å². The highest BCUT2D eigenvalue weighted by atomic mass is 16.1. The minimum absolute atomic E-state index is 0.0280. The number of carbonyl (C=O) groups excluding carboxylic acids is 1. The molecule has 1 aromatic carbocycles. The van der Waals surface area contributed by atoms with Gasteiger partial charge in [-0.2, -0.15) is 5.26 Å². The highest BCUT2D eigenvalue weighted by Gasteiger charge is 2.01. The van der Waals surface area contributed by atoms with Gasteiger partial charge in [-0.15, -0.1) is 0 Å². The van der Waals surface area contributed by atoms with Gasteiger partial charge in [-0.05, 0) is 18.2 Å². The first kappa shape index (κ1) is 11.9. The standard InChI is InChI=1S/C11H14N4O/c1-14-11(16)4-5-15-10-3-2-8(7-12)6-9(10)13/h2-3,6,15H,4-5,13H2,1H3,(H,14,16). The van der Waals surface area contributed by atoms with E-state index in [2.05, 4.69) is 10.6 Å². The number of nitrogens with one attached hydrogen (secondary N) is 2. The van der Waals surface area contributed by atoms with Crippen molar-refractivity contribution in [3.8, 4) is 6.07 Å². The van der Waals surface area contributed by atoms with Gasteiger partial charge in [-0.3, -0.25) is 4.79 Å². The predicted octanol–water partition coefficient (Wildman–Crippen LogP) is 0.688. The summed E-state index contributed by atoms with van der Waals surface area (Å²) in [5.74, 6) is -0.0280. The second-order valence-corrected chi connectivity index (χ2v) is 3.26. The highest BCUT2D eigenvalue weighted by Crippen LogP contribution is 2.19. The minimum Gasteiger partial charge on any atom is -0.397 e. The molecule has 84 valence electrons. The van der Waals surface area contributed by atoms with E-state index in [1.165, 1.54) is 0 Å². The van der Waals surface area contributed by atoms with Gasteiger partial charge in [0.1, 0.15) is 0 Å². The summed E-state index contributed by atoms with van der Waals surface area (Å²) in [5.41, 5.74) is 7.50. The third-order valence-electron chi connectivity index (χ3n) is 2.13. The summed E-state index contributed by atoms with van der Waals surface area (Å²) in [7, 11) is 1.60. The molecule has 0 atom stereocenters. The largest absolute Gasteiger partial charge is 0.397 e. The second-order valence-electron chi connectivity index (χ2n) is 3.26. The normalized spacial score (nSPS) is 9.25. The van der Waals surface area contributed by atoms with E-state index in [-0.39, 0.29) is 5.91 Å². The second kappa shape index (κ2) is 5.61. The van der Waals surface area contributed by atoms with Crippen LogP contribution in [-0.2, 0) is 4.79 Å². The van der Waals surface area contributed by atoms with Crippen LogP contribution in [0.25, 0.3) is 0 Å². The van der Waals surface area contributed by atoms with Crippen LogP contribution in [0.2, 0.25) is 0 Å². The molecular formula is C11H14N4O. The Bertz CT molecular complexity index is 422. The fraction of sp³-hybridized carbons (Fsp3) is 0.273. The summed E-state index contributed by atoms with van der Waals surface area (Å²) in [4.78, 5) is 11.0. The van der Waals surface area contributed by atoms with Gasteiger partial charge in [0.2, 0.25) is 5.91 Å². The molecule has 0 aliphatic rings. The summed E-state index contributed by atoms with van der Waals surface area (Å²) in [6.45, 7) is 0.510. The maximum atomic E-state index is 11.0. The fourth-order valence-electron chi connectivity index (χ4n) is 1.23. The molecule has 0 aromatic heterocycles. The molecule has 16 heavy (non-hydrogen) atoms. The molecule has 1 rings (SSSR count). The first-order chi connectivity index (χ1) is 7.67. The summed E-state index contributed by atoms with van der Waals surface area (Å²) in [5, 5.41) is 14.2. The third-order valence-corrected chi connectivity index (χ3v) is 2.13. The molecule has 1 aromatic rings. The zero-order valence-electron chi connectivity index (χ0n) is 9.08. The predicted molar refractivity (Wildman–Crippen MR) is 62.7 cm³/mol. The molecule has 0 aliphatic heterocycles. The Labute approximate surface area is 94.2 Å². The maximum absolute atomic E-state index is 11.0. The number of amides is 1. The molecule has 5 heteroatoms. The Morgan fingerprint density at radius 2 is 2.31 bits per heavy atom. The first-order valence-corrected chi connectivity index (χ1v) is 4.91. The van der Waals surface area contributed by atoms with Crippen LogP contribution >= 0.6 is 0 Å². The van der Waals surface area contributed by atoms with Crippen LogP contribution in [0.1, 0.15) is 12.0 Å². The quantitative estimate of drug-likeness (QED) is 0.648. The van der Waals surface area contributed by atoms with E-state index in [9.17, 15) is 4.79 Å². The molecule has 0 saturated carbocycles. The van der Waals surface area contributed by atoms with Crippen molar-refractivity contribution in [2.45, 2.75) is 6.42 Å². The molecule has 0 spiro atoms. The molecule has 1 amide bonds. The number of nitriles is 1. The molecule has 0 fully saturated rings. The Hall–Kier alpha value is -2.22. The number of rotatable bonds is 4. The number of carbonyl (C=O) groups is 1. The molecule has 0 bridgehead atoms. The Morgan fingerprint density at radius 1 is 1.56 bits per heavy atom. The van der Waals surface area contributed by atoms with E-state index >= 15 is 0 Å². The van der Waals surface area contributed by atoms with Crippen LogP contribution in [-0.4, -0.2) is 19.5 Å². The lowest BCUT2D eigenvalue weighted by atomic mass is 10.2. The van der Waals surface area contributed by atoms with Crippen LogP contribution in [0.15, 0.2) is 18.2 Å². The molecule has 0 aliphatic carbocycles. The summed E-state index contributed by atoms with van der Waals surface area (Å²) in [6.07, 6.45) is 0.385. The molecule has 0 heterocycles. The SMILES string of the molecule is CNC(=O)CCNc1ccc(C#N)cc1N. The van der Waals surface area contributed by atoms with E-state index in [1.807, 2.05) is 6.07 Å². The molecule has 4 N–H and O–H groups in total. The van der Waals surface area contributed by atoms with E-state index in [0.29, 0.717) is 24.2 Å². The van der Waals surface area contributed by atoms with Crippen molar-refractivity contribution < 1.29 is 4.79 Å². The van der Waals surface area contributed by atoms with Crippen molar-refractivity contribution in [1.29, 1.82) is 5.26 Å². The molecule has 5 nitrogen and oxygen atoms in total. The molecule has 0 unspecified atom stereocenters. The van der Waals surface area contributed by atoms with Crippen molar-refractivity contribution in [2.24, 2.45) is 0 Å². The Balaban J connectivity index is 2.55. The van der Waals surface area contributed by atoms with Gasteiger partial charge in [0.25, 0.3) is 0 Å². The van der Waals surface area contributed by atoms with Gasteiger partial charge >= 0.3 is 0 Å². The van der Waals surface area contributed by atoms with Gasteiger partial charge in [0, 0.05) is 20.0 Å². The third kappa shape index (κ3) is 3.17. The zero-order chi connectivity index (χ0) is 12.0. The monoisotopic (exact) mass is 218 g/mol. The van der Waals surface area contributed by atoms with Crippen molar-refractivity contribution in [3.05, 3.63) is 23.8 Å². The smallest absolute Gasteiger partial charge is 0.221 e. The van der Waals surface area contributed by atoms with Crippen molar-refractivity contribution >= 4 is 17.3 Å². The van der Waals surface area contributed by atoms with Crippen LogP contribution < -0.4 is 16.4 Å². The van der Waals surface area contributed by atoms with Gasteiger partial charge in [0.15, 0.2) is 0 Å². The van der Waals surface area contributed by atoms with Gasteiger partial charge in [-0.1, -0.05) is 0 Å². The zero-order valence-corrected chi connectivity index (χ0v) is 9.08. The van der Waals surface area contributed by atoms with Crippen molar-refractivity contribution in [2.75, 3.05) is 24.6 Å².